The molecule has 0 spiro atoms. The van der Waals surface area contributed by atoms with Crippen LogP contribution in [0.2, 0.25) is 0 Å². The highest BCUT2D eigenvalue weighted by Crippen LogP contribution is 2.57. The highest BCUT2D eigenvalue weighted by atomic mass is 16.5. The third-order valence-corrected chi connectivity index (χ3v) is 2.89. The highest BCUT2D eigenvalue weighted by Gasteiger charge is 2.60. The minimum atomic E-state index is -0.161. The van der Waals surface area contributed by atoms with Gasteiger partial charge in [0.2, 0.25) is 0 Å². The number of methoxy groups -OCH3 is 1. The Morgan fingerprint density at radius 1 is 1.45 bits per heavy atom. The Morgan fingerprint density at radius 2 is 2.00 bits per heavy atom. The van der Waals surface area contributed by atoms with Crippen LogP contribution in [0, 0.1) is 17.8 Å². The van der Waals surface area contributed by atoms with Crippen molar-refractivity contribution in [3.05, 3.63) is 0 Å². The molecule has 3 nitrogen and oxygen atoms in total. The predicted molar refractivity (Wildman–Crippen MR) is 37.7 cm³/mol. The van der Waals surface area contributed by atoms with Crippen LogP contribution in [0.3, 0.4) is 0 Å². The van der Waals surface area contributed by atoms with Crippen LogP contribution in [-0.2, 0) is 9.53 Å². The fourth-order valence-corrected chi connectivity index (χ4v) is 2.30. The van der Waals surface area contributed by atoms with E-state index in [9.17, 15) is 4.79 Å². The van der Waals surface area contributed by atoms with Gasteiger partial charge in [0.25, 0.3) is 0 Å². The van der Waals surface area contributed by atoms with Crippen molar-refractivity contribution in [3.8, 4) is 0 Å². The molecule has 2 saturated carbocycles. The van der Waals surface area contributed by atoms with Crippen molar-refractivity contribution < 1.29 is 14.6 Å². The number of hydrogen-bond acceptors (Lipinski definition) is 3. The fourth-order valence-electron chi connectivity index (χ4n) is 2.30. The first-order valence-electron chi connectivity index (χ1n) is 4.00. The molecule has 2 unspecified atom stereocenters. The molecule has 0 heterocycles. The molecule has 0 aromatic rings. The van der Waals surface area contributed by atoms with Crippen LogP contribution in [0.25, 0.3) is 0 Å². The summed E-state index contributed by atoms with van der Waals surface area (Å²) in [7, 11) is 1.42. The molecule has 11 heavy (non-hydrogen) atoms. The highest BCUT2D eigenvalue weighted by molar-refractivity contribution is 5.76. The summed E-state index contributed by atoms with van der Waals surface area (Å²) in [6, 6.07) is 0. The van der Waals surface area contributed by atoms with Crippen molar-refractivity contribution in [2.75, 3.05) is 7.11 Å². The van der Waals surface area contributed by atoms with Crippen LogP contribution in [0.1, 0.15) is 12.8 Å². The van der Waals surface area contributed by atoms with E-state index in [4.69, 9.17) is 5.11 Å². The lowest BCUT2D eigenvalue weighted by Gasteiger charge is -2.05. The number of hydrogen-bond donors (Lipinski definition) is 1. The fraction of sp³-hybridized carbons (Fsp3) is 0.875. The molecule has 62 valence electrons. The lowest BCUT2D eigenvalue weighted by molar-refractivity contribution is -0.143. The maximum atomic E-state index is 11.0. The third-order valence-electron chi connectivity index (χ3n) is 2.89. The van der Waals surface area contributed by atoms with E-state index < -0.39 is 0 Å². The van der Waals surface area contributed by atoms with E-state index in [1.807, 2.05) is 0 Å². The molecule has 0 radical (unpaired) electrons. The van der Waals surface area contributed by atoms with Crippen LogP contribution >= 0.6 is 0 Å². The van der Waals surface area contributed by atoms with Gasteiger partial charge in [-0.25, -0.2) is 0 Å². The van der Waals surface area contributed by atoms with E-state index in [2.05, 4.69) is 4.74 Å². The topological polar surface area (TPSA) is 46.5 Å². The van der Waals surface area contributed by atoms with Crippen LogP contribution < -0.4 is 0 Å². The first kappa shape index (κ1) is 7.10. The van der Waals surface area contributed by atoms with Gasteiger partial charge in [-0.2, -0.15) is 0 Å². The largest absolute Gasteiger partial charge is 0.469 e. The molecule has 2 aliphatic carbocycles. The summed E-state index contributed by atoms with van der Waals surface area (Å²) in [5.74, 6) is 0.880. The van der Waals surface area contributed by atoms with Crippen molar-refractivity contribution in [2.24, 2.45) is 17.8 Å². The number of fused-ring (bicyclic) bond motifs is 1. The molecule has 0 aliphatic heterocycles. The Balaban J connectivity index is 1.92. The molecule has 0 bridgehead atoms. The maximum absolute atomic E-state index is 11.0. The van der Waals surface area contributed by atoms with Crippen molar-refractivity contribution in [3.63, 3.8) is 0 Å². The van der Waals surface area contributed by atoms with E-state index in [0.717, 1.165) is 12.8 Å². The summed E-state index contributed by atoms with van der Waals surface area (Å²) in [5.41, 5.74) is 0. The molecular weight excluding hydrogens is 144 g/mol. The number of esters is 1. The van der Waals surface area contributed by atoms with Gasteiger partial charge in [-0.15, -0.1) is 0 Å². The summed E-state index contributed by atoms with van der Waals surface area (Å²) in [4.78, 5) is 11.0. The Hall–Kier alpha value is -0.570. The zero-order valence-corrected chi connectivity index (χ0v) is 6.49. The number of rotatable bonds is 1. The lowest BCUT2D eigenvalue weighted by Crippen LogP contribution is -2.12. The number of aliphatic hydroxyl groups excluding tert-OH is 1. The van der Waals surface area contributed by atoms with Crippen molar-refractivity contribution in [1.82, 2.24) is 0 Å². The number of carbonyl (C=O) groups excluding carboxylic acids is 1. The molecular formula is C8H12O3. The first-order chi connectivity index (χ1) is 5.24. The average Bonchev–Trinajstić information content (AvgIpc) is 2.48. The zero-order chi connectivity index (χ0) is 8.01. The minimum Gasteiger partial charge on any atom is -0.469 e. The normalized spacial score (nSPS) is 46.7. The number of ether oxygens (including phenoxy) is 1. The number of carbonyl (C=O) groups is 1. The molecule has 0 aromatic heterocycles. The maximum Gasteiger partial charge on any atom is 0.309 e. The second-order valence-corrected chi connectivity index (χ2v) is 3.50. The van der Waals surface area contributed by atoms with Crippen molar-refractivity contribution in [2.45, 2.75) is 18.9 Å². The predicted octanol–water partition coefficient (Wildman–Crippen LogP) is 0.176. The average molecular weight is 156 g/mol. The van der Waals surface area contributed by atoms with Gasteiger partial charge < -0.3 is 9.84 Å². The van der Waals surface area contributed by atoms with Gasteiger partial charge in [-0.3, -0.25) is 4.79 Å². The first-order valence-corrected chi connectivity index (χ1v) is 4.00. The monoisotopic (exact) mass is 156 g/mol. The van der Waals surface area contributed by atoms with E-state index in [1.165, 1.54) is 7.11 Å². The summed E-state index contributed by atoms with van der Waals surface area (Å²) in [6.07, 6.45) is 1.43. The summed E-state index contributed by atoms with van der Waals surface area (Å²) in [5, 5.41) is 9.15. The van der Waals surface area contributed by atoms with Gasteiger partial charge in [0.15, 0.2) is 0 Å². The van der Waals surface area contributed by atoms with Crippen LogP contribution in [0.5, 0.6) is 0 Å². The second-order valence-electron chi connectivity index (χ2n) is 3.50. The van der Waals surface area contributed by atoms with Crippen LogP contribution in [0.4, 0.5) is 0 Å². The van der Waals surface area contributed by atoms with Gasteiger partial charge in [0.05, 0.1) is 19.1 Å². The molecule has 2 rings (SSSR count). The molecule has 3 heteroatoms. The molecule has 1 N–H and O–H groups in total. The van der Waals surface area contributed by atoms with Crippen molar-refractivity contribution >= 4 is 5.97 Å². The molecule has 2 atom stereocenters. The van der Waals surface area contributed by atoms with Gasteiger partial charge in [-0.05, 0) is 24.7 Å². The molecule has 2 aliphatic rings. The Morgan fingerprint density at radius 3 is 2.45 bits per heavy atom. The Kier molecular flexibility index (Phi) is 1.42. The third kappa shape index (κ3) is 0.948. The quantitative estimate of drug-likeness (QED) is 0.551. The van der Waals surface area contributed by atoms with Gasteiger partial charge in [0.1, 0.15) is 0 Å². The smallest absolute Gasteiger partial charge is 0.309 e. The summed E-state index contributed by atoms with van der Waals surface area (Å²) < 4.78 is 4.63. The van der Waals surface area contributed by atoms with Crippen LogP contribution in [-0.4, -0.2) is 24.3 Å². The van der Waals surface area contributed by atoms with Gasteiger partial charge in [0, 0.05) is 0 Å². The van der Waals surface area contributed by atoms with Crippen molar-refractivity contribution in [1.29, 1.82) is 0 Å². The molecule has 0 amide bonds. The van der Waals surface area contributed by atoms with E-state index in [1.54, 1.807) is 0 Å². The Labute approximate surface area is 65.4 Å². The van der Waals surface area contributed by atoms with E-state index in [0.29, 0.717) is 11.8 Å². The van der Waals surface area contributed by atoms with E-state index >= 15 is 0 Å². The second kappa shape index (κ2) is 2.21. The van der Waals surface area contributed by atoms with Gasteiger partial charge >= 0.3 is 5.97 Å². The van der Waals surface area contributed by atoms with Gasteiger partial charge in [-0.1, -0.05) is 0 Å². The standard InChI is InChI=1S/C8H12O3/c1-11-8(10)7-5-2-4(9)3-6(5)7/h4-7,9H,2-3H2,1H3. The molecule has 2 fully saturated rings. The van der Waals surface area contributed by atoms with Crippen LogP contribution in [0.15, 0.2) is 0 Å². The Bertz CT molecular complexity index is 178. The lowest BCUT2D eigenvalue weighted by atomic mass is 10.1. The summed E-state index contributed by atoms with van der Waals surface area (Å²) in [6.45, 7) is 0. The number of aliphatic hydroxyl groups is 1. The van der Waals surface area contributed by atoms with E-state index in [-0.39, 0.29) is 18.0 Å². The summed E-state index contributed by atoms with van der Waals surface area (Å²) >= 11 is 0. The SMILES string of the molecule is COC(=O)C1C2CC(O)CC21. The molecule has 0 saturated heterocycles. The molecule has 0 aromatic carbocycles. The minimum absolute atomic E-state index is 0.0908. The zero-order valence-electron chi connectivity index (χ0n) is 6.49.